The number of carbonyl (C=O) groups is 1. The van der Waals surface area contributed by atoms with Gasteiger partial charge < -0.3 is 14.8 Å². The number of hydrogen-bond donors (Lipinski definition) is 2. The highest BCUT2D eigenvalue weighted by molar-refractivity contribution is 7.89. The van der Waals surface area contributed by atoms with E-state index in [1.165, 1.54) is 23.5 Å². The van der Waals surface area contributed by atoms with Crippen LogP contribution in [0.1, 0.15) is 29.0 Å². The largest absolute Gasteiger partial charge is 0.493 e. The first-order valence-corrected chi connectivity index (χ1v) is 11.3. The van der Waals surface area contributed by atoms with E-state index in [1.807, 2.05) is 6.07 Å². The zero-order valence-electron chi connectivity index (χ0n) is 16.6. The molecule has 30 heavy (non-hydrogen) atoms. The Balaban J connectivity index is 1.73. The van der Waals surface area contributed by atoms with Crippen molar-refractivity contribution >= 4 is 27.3 Å². The van der Waals surface area contributed by atoms with Crippen LogP contribution in [0, 0.1) is 0 Å². The van der Waals surface area contributed by atoms with Gasteiger partial charge >= 0.3 is 0 Å². The van der Waals surface area contributed by atoms with Gasteiger partial charge in [0.15, 0.2) is 11.5 Å². The lowest BCUT2D eigenvalue weighted by atomic mass is 10.1. The topological polar surface area (TPSA) is 121 Å². The molecule has 8 nitrogen and oxygen atoms in total. The number of methoxy groups -OCH3 is 2. The van der Waals surface area contributed by atoms with Gasteiger partial charge in [-0.3, -0.25) is 4.79 Å². The van der Waals surface area contributed by atoms with Gasteiger partial charge in [0.25, 0.3) is 5.91 Å². The van der Waals surface area contributed by atoms with E-state index in [0.717, 1.165) is 11.1 Å². The second-order valence-corrected chi connectivity index (χ2v) is 8.84. The Morgan fingerprint density at radius 3 is 2.37 bits per heavy atom. The number of benzene rings is 2. The molecule has 0 aliphatic carbocycles. The van der Waals surface area contributed by atoms with Gasteiger partial charge in [-0.05, 0) is 42.8 Å². The zero-order valence-corrected chi connectivity index (χ0v) is 18.2. The number of rotatable bonds is 7. The van der Waals surface area contributed by atoms with Gasteiger partial charge in [0.05, 0.1) is 25.2 Å². The van der Waals surface area contributed by atoms with Crippen LogP contribution >= 0.6 is 11.3 Å². The first-order valence-electron chi connectivity index (χ1n) is 8.84. The molecule has 2 aromatic carbocycles. The number of nitrogens with two attached hydrogens (primary N) is 1. The molecule has 0 spiro atoms. The number of aromatic nitrogens is 1. The van der Waals surface area contributed by atoms with Crippen LogP contribution in [0.2, 0.25) is 0 Å². The Labute approximate surface area is 178 Å². The molecule has 1 amide bonds. The molecular formula is C20H21N3O5S2. The van der Waals surface area contributed by atoms with Crippen LogP contribution in [0.3, 0.4) is 0 Å². The Morgan fingerprint density at radius 2 is 1.77 bits per heavy atom. The van der Waals surface area contributed by atoms with Gasteiger partial charge in [0, 0.05) is 10.9 Å². The maximum atomic E-state index is 12.6. The van der Waals surface area contributed by atoms with Crippen molar-refractivity contribution in [1.82, 2.24) is 10.3 Å². The summed E-state index contributed by atoms with van der Waals surface area (Å²) in [4.78, 5) is 17.0. The fourth-order valence-corrected chi connectivity index (χ4v) is 4.09. The van der Waals surface area contributed by atoms with E-state index in [1.54, 1.807) is 50.8 Å². The number of sulfonamides is 1. The summed E-state index contributed by atoms with van der Waals surface area (Å²) in [6, 6.07) is 11.1. The molecule has 0 radical (unpaired) electrons. The zero-order chi connectivity index (χ0) is 21.9. The molecule has 1 unspecified atom stereocenters. The van der Waals surface area contributed by atoms with Crippen LogP contribution in [0.25, 0.3) is 10.6 Å². The van der Waals surface area contributed by atoms with E-state index in [4.69, 9.17) is 14.6 Å². The molecule has 3 rings (SSSR count). The molecular weight excluding hydrogens is 426 g/mol. The predicted octanol–water partition coefficient (Wildman–Crippen LogP) is 2.97. The number of primary sulfonamides is 1. The van der Waals surface area contributed by atoms with Crippen molar-refractivity contribution < 1.29 is 22.7 Å². The number of hydrogen-bond acceptors (Lipinski definition) is 7. The minimum atomic E-state index is -3.76. The van der Waals surface area contributed by atoms with Gasteiger partial charge in [-0.2, -0.15) is 0 Å². The summed E-state index contributed by atoms with van der Waals surface area (Å²) in [5, 5.41) is 10.3. The molecule has 1 atom stereocenters. The highest BCUT2D eigenvalue weighted by Gasteiger charge is 2.17. The molecule has 158 valence electrons. The van der Waals surface area contributed by atoms with Crippen molar-refractivity contribution in [3.8, 4) is 22.1 Å². The van der Waals surface area contributed by atoms with Gasteiger partial charge in [-0.25, -0.2) is 18.5 Å². The third kappa shape index (κ3) is 4.78. The third-order valence-electron chi connectivity index (χ3n) is 4.42. The summed E-state index contributed by atoms with van der Waals surface area (Å²) < 4.78 is 33.3. The maximum Gasteiger partial charge on any atom is 0.271 e. The molecule has 0 saturated carbocycles. The smallest absolute Gasteiger partial charge is 0.271 e. The second kappa shape index (κ2) is 8.82. The highest BCUT2D eigenvalue weighted by atomic mass is 32.2. The van der Waals surface area contributed by atoms with E-state index in [9.17, 15) is 13.2 Å². The highest BCUT2D eigenvalue weighted by Crippen LogP contribution is 2.33. The number of carbonyl (C=O) groups excluding carboxylic acids is 1. The molecule has 0 fully saturated rings. The quantitative estimate of drug-likeness (QED) is 0.574. The van der Waals surface area contributed by atoms with Crippen LogP contribution in [0.4, 0.5) is 0 Å². The van der Waals surface area contributed by atoms with E-state index in [-0.39, 0.29) is 22.5 Å². The van der Waals surface area contributed by atoms with Crippen LogP contribution in [0.5, 0.6) is 11.5 Å². The molecule has 10 heteroatoms. The molecule has 1 heterocycles. The van der Waals surface area contributed by atoms with Crippen molar-refractivity contribution in [3.63, 3.8) is 0 Å². The summed E-state index contributed by atoms with van der Waals surface area (Å²) in [5.41, 5.74) is 1.84. The lowest BCUT2D eigenvalue weighted by Crippen LogP contribution is -2.27. The SMILES string of the molecule is COc1ccc(-c2nc(C(=O)NC(C)c3ccc(S(N)(=O)=O)cc3)cs2)cc1OC. The molecule has 0 bridgehead atoms. The fourth-order valence-electron chi connectivity index (χ4n) is 2.78. The maximum absolute atomic E-state index is 12.6. The fraction of sp³-hybridized carbons (Fsp3) is 0.200. The van der Waals surface area contributed by atoms with Gasteiger partial charge in [0.1, 0.15) is 10.7 Å². The van der Waals surface area contributed by atoms with Crippen LogP contribution in [-0.2, 0) is 10.0 Å². The van der Waals surface area contributed by atoms with E-state index < -0.39 is 10.0 Å². The summed E-state index contributed by atoms with van der Waals surface area (Å²) >= 11 is 1.34. The molecule has 0 aliphatic heterocycles. The van der Waals surface area contributed by atoms with Crippen molar-refractivity contribution in [2.75, 3.05) is 14.2 Å². The number of nitrogens with zero attached hydrogens (tertiary/aromatic N) is 1. The summed E-state index contributed by atoms with van der Waals surface area (Å²) in [6.07, 6.45) is 0. The second-order valence-electron chi connectivity index (χ2n) is 6.42. The summed E-state index contributed by atoms with van der Waals surface area (Å²) in [5.74, 6) is 0.854. The molecule has 3 N–H and O–H groups in total. The molecule has 0 aliphatic rings. The van der Waals surface area contributed by atoms with Crippen molar-refractivity contribution in [2.45, 2.75) is 17.9 Å². The lowest BCUT2D eigenvalue weighted by Gasteiger charge is -2.13. The summed E-state index contributed by atoms with van der Waals surface area (Å²) in [7, 11) is -0.640. The average molecular weight is 448 g/mol. The number of thiazole rings is 1. The minimum Gasteiger partial charge on any atom is -0.493 e. The lowest BCUT2D eigenvalue weighted by molar-refractivity contribution is 0.0935. The van der Waals surface area contributed by atoms with Crippen molar-refractivity contribution in [1.29, 1.82) is 0 Å². The molecule has 3 aromatic rings. The standard InChI is InChI=1S/C20H21N3O5S2/c1-12(13-4-7-15(8-5-13)30(21,25)26)22-19(24)16-11-29-20(23-16)14-6-9-17(27-2)18(10-14)28-3/h4-12H,1-3H3,(H,22,24)(H2,21,25,26). The predicted molar refractivity (Wildman–Crippen MR) is 114 cm³/mol. The number of ether oxygens (including phenoxy) is 2. The van der Waals surface area contributed by atoms with E-state index >= 15 is 0 Å². The monoisotopic (exact) mass is 447 g/mol. The van der Waals surface area contributed by atoms with Gasteiger partial charge in [-0.15, -0.1) is 11.3 Å². The summed E-state index contributed by atoms with van der Waals surface area (Å²) in [6.45, 7) is 1.80. The Morgan fingerprint density at radius 1 is 1.10 bits per heavy atom. The minimum absolute atomic E-state index is 0.0174. The van der Waals surface area contributed by atoms with E-state index in [0.29, 0.717) is 16.5 Å². The van der Waals surface area contributed by atoms with Crippen molar-refractivity contribution in [2.24, 2.45) is 5.14 Å². The Bertz CT molecular complexity index is 1160. The third-order valence-corrected chi connectivity index (χ3v) is 6.24. The Hall–Kier alpha value is -2.95. The van der Waals surface area contributed by atoms with Crippen LogP contribution in [0.15, 0.2) is 52.7 Å². The van der Waals surface area contributed by atoms with Crippen LogP contribution < -0.4 is 19.9 Å². The van der Waals surface area contributed by atoms with Gasteiger partial charge in [-0.1, -0.05) is 12.1 Å². The number of amides is 1. The van der Waals surface area contributed by atoms with E-state index in [2.05, 4.69) is 10.3 Å². The van der Waals surface area contributed by atoms with Gasteiger partial charge in [0.2, 0.25) is 10.0 Å². The average Bonchev–Trinajstić information content (AvgIpc) is 3.23. The van der Waals surface area contributed by atoms with Crippen molar-refractivity contribution in [3.05, 3.63) is 59.1 Å². The number of nitrogens with one attached hydrogen (secondary N) is 1. The first-order chi connectivity index (χ1) is 14.2. The van der Waals surface area contributed by atoms with Crippen LogP contribution in [-0.4, -0.2) is 33.5 Å². The molecule has 0 saturated heterocycles. The molecule has 1 aromatic heterocycles. The Kier molecular flexibility index (Phi) is 6.40. The first kappa shape index (κ1) is 21.8. The normalized spacial score (nSPS) is 12.3.